The zero-order chi connectivity index (χ0) is 15.4. The maximum Gasteiger partial charge on any atom is 0.327 e. The first kappa shape index (κ1) is 15.0. The highest BCUT2D eigenvalue weighted by molar-refractivity contribution is 9.10. The van der Waals surface area contributed by atoms with Crippen LogP contribution in [0.1, 0.15) is 10.4 Å². The molecule has 1 heterocycles. The molecule has 3 amide bonds. The second-order valence-electron chi connectivity index (χ2n) is 3.87. The normalized spacial score (nSPS) is 10.0. The molecule has 8 heteroatoms. The SMILES string of the molecule is O=C(NC(=O)c1c(F)cccc1F)Nc1ccc(Br)cn1. The molecule has 5 nitrogen and oxygen atoms in total. The van der Waals surface area contributed by atoms with Crippen LogP contribution in [0.2, 0.25) is 0 Å². The fraction of sp³-hybridized carbons (Fsp3) is 0. The van der Waals surface area contributed by atoms with Gasteiger partial charge in [-0.25, -0.2) is 18.6 Å². The number of aromatic nitrogens is 1. The zero-order valence-corrected chi connectivity index (χ0v) is 11.9. The monoisotopic (exact) mass is 355 g/mol. The van der Waals surface area contributed by atoms with Crippen molar-refractivity contribution in [1.29, 1.82) is 0 Å². The Balaban J connectivity index is 2.06. The Kier molecular flexibility index (Phi) is 4.59. The van der Waals surface area contributed by atoms with Crippen molar-refractivity contribution in [1.82, 2.24) is 10.3 Å². The number of anilines is 1. The van der Waals surface area contributed by atoms with Gasteiger partial charge >= 0.3 is 6.03 Å². The average molecular weight is 356 g/mol. The van der Waals surface area contributed by atoms with Crippen LogP contribution in [0, 0.1) is 11.6 Å². The molecule has 2 rings (SSSR count). The molecule has 0 bridgehead atoms. The Bertz CT molecular complexity index is 672. The van der Waals surface area contributed by atoms with Crippen molar-refractivity contribution in [3.05, 3.63) is 58.2 Å². The first-order valence-electron chi connectivity index (χ1n) is 5.65. The topological polar surface area (TPSA) is 71.1 Å². The van der Waals surface area contributed by atoms with Crippen LogP contribution in [0.25, 0.3) is 0 Å². The number of carbonyl (C=O) groups excluding carboxylic acids is 2. The standard InChI is InChI=1S/C13H8BrF2N3O2/c14-7-4-5-10(17-6-7)18-13(21)19-12(20)11-8(15)2-1-3-9(11)16/h1-6H,(H2,17,18,19,20,21). The van der Waals surface area contributed by atoms with E-state index in [4.69, 9.17) is 0 Å². The summed E-state index contributed by atoms with van der Waals surface area (Å²) < 4.78 is 27.5. The first-order chi connectivity index (χ1) is 9.97. The second kappa shape index (κ2) is 6.40. The van der Waals surface area contributed by atoms with Gasteiger partial charge in [0, 0.05) is 10.7 Å². The van der Waals surface area contributed by atoms with Gasteiger partial charge in [-0.15, -0.1) is 0 Å². The van der Waals surface area contributed by atoms with Gasteiger partial charge in [-0.2, -0.15) is 0 Å². The lowest BCUT2D eigenvalue weighted by Gasteiger charge is -2.07. The number of hydrogen-bond donors (Lipinski definition) is 2. The number of urea groups is 1. The van der Waals surface area contributed by atoms with Crippen molar-refractivity contribution in [2.24, 2.45) is 0 Å². The van der Waals surface area contributed by atoms with Gasteiger partial charge in [-0.3, -0.25) is 15.4 Å². The van der Waals surface area contributed by atoms with E-state index in [1.54, 1.807) is 6.07 Å². The van der Waals surface area contributed by atoms with Gasteiger partial charge < -0.3 is 0 Å². The molecule has 0 saturated heterocycles. The van der Waals surface area contributed by atoms with Crippen LogP contribution >= 0.6 is 15.9 Å². The van der Waals surface area contributed by atoms with E-state index in [-0.39, 0.29) is 5.82 Å². The van der Waals surface area contributed by atoms with E-state index in [0.717, 1.165) is 18.2 Å². The number of imide groups is 1. The van der Waals surface area contributed by atoms with Crippen LogP contribution in [0.5, 0.6) is 0 Å². The molecular weight excluding hydrogens is 348 g/mol. The number of benzene rings is 1. The van der Waals surface area contributed by atoms with Gasteiger partial charge in [0.1, 0.15) is 23.0 Å². The molecule has 108 valence electrons. The minimum Gasteiger partial charge on any atom is -0.292 e. The number of nitrogens with zero attached hydrogens (tertiary/aromatic N) is 1. The van der Waals surface area contributed by atoms with Crippen LogP contribution in [0.4, 0.5) is 19.4 Å². The predicted octanol–water partition coefficient (Wildman–Crippen LogP) is 3.08. The van der Waals surface area contributed by atoms with Crippen molar-refractivity contribution in [3.63, 3.8) is 0 Å². The van der Waals surface area contributed by atoms with Crippen molar-refractivity contribution >= 4 is 33.7 Å². The van der Waals surface area contributed by atoms with E-state index >= 15 is 0 Å². The Morgan fingerprint density at radius 2 is 1.76 bits per heavy atom. The number of halogens is 3. The lowest BCUT2D eigenvalue weighted by Crippen LogP contribution is -2.35. The zero-order valence-electron chi connectivity index (χ0n) is 10.4. The molecule has 2 N–H and O–H groups in total. The Morgan fingerprint density at radius 1 is 1.10 bits per heavy atom. The summed E-state index contributed by atoms with van der Waals surface area (Å²) in [5.41, 5.74) is -0.823. The third-order valence-electron chi connectivity index (χ3n) is 2.39. The van der Waals surface area contributed by atoms with E-state index in [1.807, 2.05) is 5.32 Å². The molecular formula is C13H8BrF2N3O2. The second-order valence-corrected chi connectivity index (χ2v) is 4.78. The van der Waals surface area contributed by atoms with Gasteiger partial charge in [0.25, 0.3) is 5.91 Å². The summed E-state index contributed by atoms with van der Waals surface area (Å²) in [6.07, 6.45) is 1.44. The fourth-order valence-electron chi connectivity index (χ4n) is 1.48. The van der Waals surface area contributed by atoms with E-state index in [9.17, 15) is 18.4 Å². The van der Waals surface area contributed by atoms with Gasteiger partial charge in [-0.1, -0.05) is 6.07 Å². The summed E-state index contributed by atoms with van der Waals surface area (Å²) in [6, 6.07) is 5.13. The molecule has 0 atom stereocenters. The van der Waals surface area contributed by atoms with Crippen molar-refractivity contribution in [3.8, 4) is 0 Å². The number of carbonyl (C=O) groups is 2. The lowest BCUT2D eigenvalue weighted by atomic mass is 10.2. The lowest BCUT2D eigenvalue weighted by molar-refractivity contribution is 0.0959. The molecule has 1 aromatic carbocycles. The van der Waals surface area contributed by atoms with Gasteiger partial charge in [-0.05, 0) is 40.2 Å². The Morgan fingerprint density at radius 3 is 2.33 bits per heavy atom. The quantitative estimate of drug-likeness (QED) is 0.869. The highest BCUT2D eigenvalue weighted by Gasteiger charge is 2.19. The summed E-state index contributed by atoms with van der Waals surface area (Å²) >= 11 is 3.17. The fourth-order valence-corrected chi connectivity index (χ4v) is 1.71. The Labute approximate surface area is 126 Å². The van der Waals surface area contributed by atoms with E-state index in [2.05, 4.69) is 26.2 Å². The van der Waals surface area contributed by atoms with Crippen LogP contribution < -0.4 is 10.6 Å². The number of nitrogens with one attached hydrogen (secondary N) is 2. The molecule has 1 aromatic heterocycles. The van der Waals surface area contributed by atoms with Crippen LogP contribution in [0.3, 0.4) is 0 Å². The van der Waals surface area contributed by atoms with Crippen LogP contribution in [-0.4, -0.2) is 16.9 Å². The predicted molar refractivity (Wildman–Crippen MR) is 74.8 cm³/mol. The maximum absolute atomic E-state index is 13.4. The summed E-state index contributed by atoms with van der Waals surface area (Å²) in [5, 5.41) is 4.08. The molecule has 0 aliphatic rings. The molecule has 0 aliphatic heterocycles. The molecule has 0 aliphatic carbocycles. The number of rotatable bonds is 2. The molecule has 0 unspecified atom stereocenters. The van der Waals surface area contributed by atoms with Gasteiger partial charge in [0.2, 0.25) is 0 Å². The highest BCUT2D eigenvalue weighted by atomic mass is 79.9. The average Bonchev–Trinajstić information content (AvgIpc) is 2.41. The van der Waals surface area contributed by atoms with Gasteiger partial charge in [0.15, 0.2) is 0 Å². The smallest absolute Gasteiger partial charge is 0.292 e. The van der Waals surface area contributed by atoms with Crippen LogP contribution in [-0.2, 0) is 0 Å². The summed E-state index contributed by atoms with van der Waals surface area (Å²) in [6.45, 7) is 0. The van der Waals surface area contributed by atoms with E-state index in [1.165, 1.54) is 12.3 Å². The highest BCUT2D eigenvalue weighted by Crippen LogP contribution is 2.12. The number of pyridine rings is 1. The minimum atomic E-state index is -1.18. The molecule has 21 heavy (non-hydrogen) atoms. The summed E-state index contributed by atoms with van der Waals surface area (Å²) in [7, 11) is 0. The third kappa shape index (κ3) is 3.82. The van der Waals surface area contributed by atoms with Gasteiger partial charge in [0.05, 0.1) is 0 Å². The Hall–Kier alpha value is -2.35. The van der Waals surface area contributed by atoms with E-state index in [0.29, 0.717) is 4.47 Å². The maximum atomic E-state index is 13.4. The van der Waals surface area contributed by atoms with E-state index < -0.39 is 29.1 Å². The van der Waals surface area contributed by atoms with Crippen LogP contribution in [0.15, 0.2) is 41.0 Å². The summed E-state index contributed by atoms with van der Waals surface area (Å²) in [5.74, 6) is -3.11. The number of hydrogen-bond acceptors (Lipinski definition) is 3. The summed E-state index contributed by atoms with van der Waals surface area (Å²) in [4.78, 5) is 27.1. The van der Waals surface area contributed by atoms with Crippen molar-refractivity contribution in [2.75, 3.05) is 5.32 Å². The third-order valence-corrected chi connectivity index (χ3v) is 2.85. The minimum absolute atomic E-state index is 0.178. The molecule has 0 saturated carbocycles. The van der Waals surface area contributed by atoms with Crippen molar-refractivity contribution in [2.45, 2.75) is 0 Å². The molecule has 0 fully saturated rings. The van der Waals surface area contributed by atoms with Crippen molar-refractivity contribution < 1.29 is 18.4 Å². The largest absolute Gasteiger partial charge is 0.327 e. The molecule has 0 spiro atoms. The molecule has 2 aromatic rings. The number of amides is 3. The molecule has 0 radical (unpaired) electrons. The first-order valence-corrected chi connectivity index (χ1v) is 6.44.